The lowest BCUT2D eigenvalue weighted by Gasteiger charge is -2.27. The van der Waals surface area contributed by atoms with E-state index in [2.05, 4.69) is 21.6 Å². The molecule has 2 aliphatic rings. The van der Waals surface area contributed by atoms with E-state index in [1.807, 2.05) is 0 Å². The second-order valence-corrected chi connectivity index (χ2v) is 2.58. The zero-order chi connectivity index (χ0) is 7.03. The Balaban J connectivity index is 1.73. The Bertz CT molecular complexity index is 132. The van der Waals surface area contributed by atoms with E-state index in [0.29, 0.717) is 0 Å². The van der Waals surface area contributed by atoms with Crippen molar-refractivity contribution >= 4 is 0 Å². The van der Waals surface area contributed by atoms with Gasteiger partial charge in [-0.05, 0) is 6.42 Å². The van der Waals surface area contributed by atoms with Crippen LogP contribution in [-0.4, -0.2) is 12.1 Å². The van der Waals surface area contributed by atoms with E-state index in [-0.39, 0.29) is 6.10 Å². The fraction of sp³-hybridized carbons (Fsp3) is 1.00. The van der Waals surface area contributed by atoms with Crippen LogP contribution in [0.5, 0.6) is 0 Å². The lowest BCUT2D eigenvalue weighted by Crippen LogP contribution is -2.46. The van der Waals surface area contributed by atoms with Crippen molar-refractivity contribution < 1.29 is 19.6 Å². The molecule has 4 nitrogen and oxygen atoms in total. The average molecular weight is 146 g/mol. The summed E-state index contributed by atoms with van der Waals surface area (Å²) in [7, 11) is 0. The molecule has 2 heterocycles. The number of hydrogen-bond donors (Lipinski definition) is 0. The fourth-order valence-corrected chi connectivity index (χ4v) is 0.985. The van der Waals surface area contributed by atoms with Crippen molar-refractivity contribution in [1.82, 2.24) is 0 Å². The normalized spacial score (nSPS) is 33.9. The zero-order valence-corrected chi connectivity index (χ0v) is 5.83. The Kier molecular flexibility index (Phi) is 1.42. The molecular weight excluding hydrogens is 136 g/mol. The highest BCUT2D eigenvalue weighted by Gasteiger charge is 2.68. The third-order valence-electron chi connectivity index (χ3n) is 1.74. The summed E-state index contributed by atoms with van der Waals surface area (Å²) in [6, 6.07) is 0. The Morgan fingerprint density at radius 3 is 2.50 bits per heavy atom. The maximum Gasteiger partial charge on any atom is 0.394 e. The third-order valence-corrected chi connectivity index (χ3v) is 1.74. The van der Waals surface area contributed by atoms with Crippen molar-refractivity contribution in [3.8, 4) is 0 Å². The molecule has 0 aromatic rings. The highest BCUT2D eigenvalue weighted by molar-refractivity contribution is 4.78. The first-order chi connectivity index (χ1) is 4.87. The summed E-state index contributed by atoms with van der Waals surface area (Å²) in [6.45, 7) is 2.13. The van der Waals surface area contributed by atoms with E-state index < -0.39 is 5.97 Å². The van der Waals surface area contributed by atoms with E-state index in [4.69, 9.17) is 4.89 Å². The van der Waals surface area contributed by atoms with Crippen LogP contribution in [-0.2, 0) is 19.6 Å². The fourth-order valence-electron chi connectivity index (χ4n) is 0.985. The Hall–Kier alpha value is -0.160. The maximum atomic E-state index is 4.76. The van der Waals surface area contributed by atoms with Gasteiger partial charge in [0.25, 0.3) is 0 Å². The van der Waals surface area contributed by atoms with E-state index >= 15 is 0 Å². The molecule has 2 fully saturated rings. The van der Waals surface area contributed by atoms with Gasteiger partial charge in [-0.15, -0.1) is 0 Å². The molecule has 1 spiro atoms. The minimum Gasteiger partial charge on any atom is -0.219 e. The average Bonchev–Trinajstić information content (AvgIpc) is 2.66. The summed E-state index contributed by atoms with van der Waals surface area (Å²) in [5.41, 5.74) is 0. The van der Waals surface area contributed by atoms with Gasteiger partial charge in [-0.3, -0.25) is 0 Å². The van der Waals surface area contributed by atoms with Crippen molar-refractivity contribution in [1.29, 1.82) is 0 Å². The molecule has 0 aliphatic carbocycles. The topological polar surface area (TPSA) is 43.5 Å². The smallest absolute Gasteiger partial charge is 0.219 e. The van der Waals surface area contributed by atoms with Gasteiger partial charge >= 0.3 is 5.97 Å². The van der Waals surface area contributed by atoms with E-state index in [9.17, 15) is 0 Å². The molecule has 1 unspecified atom stereocenters. The second-order valence-electron chi connectivity index (χ2n) is 2.58. The molecule has 0 amide bonds. The van der Waals surface area contributed by atoms with Gasteiger partial charge in [-0.1, -0.05) is 19.8 Å². The lowest BCUT2D eigenvalue weighted by molar-refractivity contribution is -0.515. The van der Waals surface area contributed by atoms with Gasteiger partial charge < -0.3 is 0 Å². The molecule has 0 N–H and O–H groups in total. The summed E-state index contributed by atoms with van der Waals surface area (Å²) >= 11 is 0. The van der Waals surface area contributed by atoms with Gasteiger partial charge in [-0.2, -0.15) is 14.7 Å². The molecule has 0 aromatic heterocycles. The SMILES string of the molecule is CCCCC1OOC12OO2. The van der Waals surface area contributed by atoms with Crippen LogP contribution in [0.25, 0.3) is 0 Å². The molecule has 0 aromatic carbocycles. The standard InChI is InChI=1S/C6H10O4/c1-2-3-4-5-6(8-7-5)9-10-6/h5H,2-4H2,1H3. The van der Waals surface area contributed by atoms with E-state index in [1.165, 1.54) is 0 Å². The van der Waals surface area contributed by atoms with Crippen molar-refractivity contribution in [2.45, 2.75) is 38.3 Å². The Morgan fingerprint density at radius 2 is 2.10 bits per heavy atom. The quantitative estimate of drug-likeness (QED) is 0.442. The van der Waals surface area contributed by atoms with Crippen molar-refractivity contribution in [2.75, 3.05) is 0 Å². The van der Waals surface area contributed by atoms with Gasteiger partial charge in [0.15, 0.2) is 6.10 Å². The van der Waals surface area contributed by atoms with E-state index in [0.717, 1.165) is 19.3 Å². The zero-order valence-electron chi connectivity index (χ0n) is 5.83. The van der Waals surface area contributed by atoms with Crippen LogP contribution in [0.1, 0.15) is 26.2 Å². The molecule has 0 bridgehead atoms. The van der Waals surface area contributed by atoms with Crippen LogP contribution in [0.4, 0.5) is 0 Å². The summed E-state index contributed by atoms with van der Waals surface area (Å²) in [4.78, 5) is 18.5. The molecule has 2 rings (SSSR count). The molecule has 2 saturated heterocycles. The number of rotatable bonds is 3. The van der Waals surface area contributed by atoms with Crippen LogP contribution >= 0.6 is 0 Å². The van der Waals surface area contributed by atoms with Crippen molar-refractivity contribution in [2.24, 2.45) is 0 Å². The van der Waals surface area contributed by atoms with Gasteiger partial charge in [0.2, 0.25) is 0 Å². The molecule has 58 valence electrons. The summed E-state index contributed by atoms with van der Waals surface area (Å²) < 4.78 is 0. The molecule has 4 heteroatoms. The first-order valence-corrected chi connectivity index (χ1v) is 3.59. The summed E-state index contributed by atoms with van der Waals surface area (Å²) in [5.74, 6) is -0.783. The molecule has 10 heavy (non-hydrogen) atoms. The van der Waals surface area contributed by atoms with Crippen molar-refractivity contribution in [3.63, 3.8) is 0 Å². The minimum atomic E-state index is -0.783. The first-order valence-electron chi connectivity index (χ1n) is 3.59. The predicted molar refractivity (Wildman–Crippen MR) is 30.4 cm³/mol. The van der Waals surface area contributed by atoms with Gasteiger partial charge in [0.1, 0.15) is 0 Å². The highest BCUT2D eigenvalue weighted by atomic mass is 17.5. The van der Waals surface area contributed by atoms with E-state index in [1.54, 1.807) is 0 Å². The van der Waals surface area contributed by atoms with Crippen molar-refractivity contribution in [3.05, 3.63) is 0 Å². The Labute approximate surface area is 58.9 Å². The monoisotopic (exact) mass is 146 g/mol. The van der Waals surface area contributed by atoms with Gasteiger partial charge in [0.05, 0.1) is 0 Å². The van der Waals surface area contributed by atoms with Crippen LogP contribution < -0.4 is 0 Å². The molecular formula is C6H10O4. The molecule has 1 atom stereocenters. The van der Waals surface area contributed by atoms with Crippen LogP contribution in [0.15, 0.2) is 0 Å². The Morgan fingerprint density at radius 1 is 1.30 bits per heavy atom. The predicted octanol–water partition coefficient (Wildman–Crippen LogP) is 1.12. The van der Waals surface area contributed by atoms with Gasteiger partial charge in [0, 0.05) is 0 Å². The number of hydrogen-bond acceptors (Lipinski definition) is 4. The highest BCUT2D eigenvalue weighted by Crippen LogP contribution is 2.46. The maximum absolute atomic E-state index is 4.76. The number of unbranched alkanes of at least 4 members (excludes halogenated alkanes) is 1. The minimum absolute atomic E-state index is 0.00699. The second kappa shape index (κ2) is 2.17. The largest absolute Gasteiger partial charge is 0.394 e. The lowest BCUT2D eigenvalue weighted by atomic mass is 10.1. The molecule has 0 radical (unpaired) electrons. The van der Waals surface area contributed by atoms with Crippen LogP contribution in [0.3, 0.4) is 0 Å². The summed E-state index contributed by atoms with van der Waals surface area (Å²) in [6.07, 6.45) is 3.20. The van der Waals surface area contributed by atoms with Crippen LogP contribution in [0, 0.1) is 0 Å². The first kappa shape index (κ1) is 6.54. The third kappa shape index (κ3) is 0.845. The van der Waals surface area contributed by atoms with Crippen LogP contribution in [0.2, 0.25) is 0 Å². The summed E-state index contributed by atoms with van der Waals surface area (Å²) in [5, 5.41) is 0. The molecule has 0 saturated carbocycles. The van der Waals surface area contributed by atoms with Gasteiger partial charge in [-0.25, -0.2) is 4.89 Å². The molecule has 2 aliphatic heterocycles.